The van der Waals surface area contributed by atoms with Crippen molar-refractivity contribution in [2.24, 2.45) is 0 Å². The van der Waals surface area contributed by atoms with Crippen LogP contribution in [0.5, 0.6) is 5.75 Å². The number of fused-ring (bicyclic) bond motifs is 1. The minimum absolute atomic E-state index is 0.173. The van der Waals surface area contributed by atoms with E-state index in [0.29, 0.717) is 0 Å². The second-order valence-corrected chi connectivity index (χ2v) is 5.12. The van der Waals surface area contributed by atoms with Crippen LogP contribution in [0.15, 0.2) is 30.4 Å². The Morgan fingerprint density at radius 1 is 1.50 bits per heavy atom. The zero-order valence-electron chi connectivity index (χ0n) is 10.1. The van der Waals surface area contributed by atoms with E-state index in [-0.39, 0.29) is 5.60 Å². The summed E-state index contributed by atoms with van der Waals surface area (Å²) in [5.74, 6) is 0.836. The van der Waals surface area contributed by atoms with Crippen molar-refractivity contribution < 1.29 is 9.84 Å². The van der Waals surface area contributed by atoms with Crippen LogP contribution in [0.2, 0.25) is 0 Å². The van der Waals surface area contributed by atoms with Crippen molar-refractivity contribution in [2.45, 2.75) is 38.9 Å². The molecule has 1 N–H and O–H groups in total. The summed E-state index contributed by atoms with van der Waals surface area (Å²) in [6.45, 7) is 9.73. The van der Waals surface area contributed by atoms with Gasteiger partial charge in [0.15, 0.2) is 0 Å². The topological polar surface area (TPSA) is 29.5 Å². The number of para-hydroxylation sites is 1. The molecule has 1 atom stereocenters. The van der Waals surface area contributed by atoms with Crippen molar-refractivity contribution >= 4 is 0 Å². The van der Waals surface area contributed by atoms with E-state index in [1.54, 1.807) is 0 Å². The third-order valence-electron chi connectivity index (χ3n) is 2.88. The van der Waals surface area contributed by atoms with E-state index in [2.05, 4.69) is 26.5 Å². The third-order valence-corrected chi connectivity index (χ3v) is 2.88. The fourth-order valence-corrected chi connectivity index (χ4v) is 2.12. The van der Waals surface area contributed by atoms with Gasteiger partial charge in [0.1, 0.15) is 17.5 Å². The summed E-state index contributed by atoms with van der Waals surface area (Å²) in [6, 6.07) is 5.92. The first-order valence-corrected chi connectivity index (χ1v) is 5.55. The lowest BCUT2D eigenvalue weighted by atomic mass is 9.97. The standard InChI is InChI=1S/C14H18O2/c1-9(2)12(15)11-7-5-6-10-8-14(3,4)16-13(10)11/h5-7,12,15H,1,8H2,2-4H3. The van der Waals surface area contributed by atoms with Crippen LogP contribution in [-0.4, -0.2) is 10.7 Å². The Morgan fingerprint density at radius 3 is 2.81 bits per heavy atom. The first-order chi connectivity index (χ1) is 7.41. The van der Waals surface area contributed by atoms with Gasteiger partial charge < -0.3 is 9.84 Å². The Hall–Kier alpha value is -1.28. The van der Waals surface area contributed by atoms with Crippen molar-refractivity contribution in [1.29, 1.82) is 0 Å². The third kappa shape index (κ3) is 1.85. The monoisotopic (exact) mass is 218 g/mol. The van der Waals surface area contributed by atoms with Gasteiger partial charge in [-0.3, -0.25) is 0 Å². The molecule has 0 bridgehead atoms. The normalized spacial score (nSPS) is 18.8. The molecule has 0 aliphatic carbocycles. The molecule has 1 unspecified atom stereocenters. The van der Waals surface area contributed by atoms with Gasteiger partial charge in [0.2, 0.25) is 0 Å². The molecule has 2 rings (SSSR count). The summed E-state index contributed by atoms with van der Waals surface area (Å²) in [4.78, 5) is 0. The number of hydrogen-bond acceptors (Lipinski definition) is 2. The fraction of sp³-hybridized carbons (Fsp3) is 0.429. The van der Waals surface area contributed by atoms with Gasteiger partial charge in [0.05, 0.1) is 0 Å². The smallest absolute Gasteiger partial charge is 0.129 e. The van der Waals surface area contributed by atoms with Gasteiger partial charge in [-0.25, -0.2) is 0 Å². The first-order valence-electron chi connectivity index (χ1n) is 5.55. The van der Waals surface area contributed by atoms with Crippen LogP contribution < -0.4 is 4.74 Å². The van der Waals surface area contributed by atoms with E-state index in [9.17, 15) is 5.11 Å². The minimum Gasteiger partial charge on any atom is -0.487 e. The maximum atomic E-state index is 10.1. The van der Waals surface area contributed by atoms with Gasteiger partial charge in [0.25, 0.3) is 0 Å². The lowest BCUT2D eigenvalue weighted by molar-refractivity contribution is 0.131. The van der Waals surface area contributed by atoms with Crippen LogP contribution in [0, 0.1) is 0 Å². The molecule has 1 aliphatic heterocycles. The zero-order chi connectivity index (χ0) is 11.9. The number of aliphatic hydroxyl groups excluding tert-OH is 1. The lowest BCUT2D eigenvalue weighted by Gasteiger charge is -2.20. The largest absolute Gasteiger partial charge is 0.487 e. The Kier molecular flexibility index (Phi) is 2.55. The Morgan fingerprint density at radius 2 is 2.19 bits per heavy atom. The second-order valence-electron chi connectivity index (χ2n) is 5.12. The van der Waals surface area contributed by atoms with E-state index < -0.39 is 6.10 Å². The zero-order valence-corrected chi connectivity index (χ0v) is 10.1. The molecule has 0 spiro atoms. The molecule has 1 aliphatic rings. The quantitative estimate of drug-likeness (QED) is 0.773. The maximum Gasteiger partial charge on any atom is 0.129 e. The van der Waals surface area contributed by atoms with Crippen LogP contribution in [0.1, 0.15) is 38.0 Å². The summed E-state index contributed by atoms with van der Waals surface area (Å²) in [5.41, 5.74) is 2.56. The van der Waals surface area contributed by atoms with Crippen LogP contribution in [-0.2, 0) is 6.42 Å². The van der Waals surface area contributed by atoms with Gasteiger partial charge in [-0.2, -0.15) is 0 Å². The number of ether oxygens (including phenoxy) is 1. The van der Waals surface area contributed by atoms with Gasteiger partial charge in [-0.05, 0) is 31.9 Å². The maximum absolute atomic E-state index is 10.1. The molecule has 0 saturated heterocycles. The molecule has 0 saturated carbocycles. The Labute approximate surface area is 96.6 Å². The van der Waals surface area contributed by atoms with Gasteiger partial charge in [-0.1, -0.05) is 24.8 Å². The van der Waals surface area contributed by atoms with Gasteiger partial charge >= 0.3 is 0 Å². The molecule has 16 heavy (non-hydrogen) atoms. The highest BCUT2D eigenvalue weighted by Gasteiger charge is 2.32. The molecule has 2 heteroatoms. The highest BCUT2D eigenvalue weighted by atomic mass is 16.5. The number of hydrogen-bond donors (Lipinski definition) is 1. The SMILES string of the molecule is C=C(C)C(O)c1cccc2c1OC(C)(C)C2. The van der Waals surface area contributed by atoms with E-state index in [4.69, 9.17) is 4.74 Å². The van der Waals surface area contributed by atoms with E-state index in [1.807, 2.05) is 19.1 Å². The van der Waals surface area contributed by atoms with E-state index >= 15 is 0 Å². The van der Waals surface area contributed by atoms with Crippen LogP contribution in [0.25, 0.3) is 0 Å². The number of aliphatic hydroxyl groups is 1. The molecule has 0 fully saturated rings. The van der Waals surface area contributed by atoms with Crippen LogP contribution in [0.4, 0.5) is 0 Å². The summed E-state index contributed by atoms with van der Waals surface area (Å²) >= 11 is 0. The summed E-state index contributed by atoms with van der Waals surface area (Å²) in [7, 11) is 0. The van der Waals surface area contributed by atoms with Crippen LogP contribution >= 0.6 is 0 Å². The molecule has 1 heterocycles. The molecule has 86 valence electrons. The molecule has 0 amide bonds. The van der Waals surface area contributed by atoms with E-state index in [0.717, 1.165) is 23.3 Å². The van der Waals surface area contributed by atoms with Crippen molar-refractivity contribution in [3.63, 3.8) is 0 Å². The lowest BCUT2D eigenvalue weighted by Crippen LogP contribution is -2.25. The van der Waals surface area contributed by atoms with Crippen molar-refractivity contribution in [2.75, 3.05) is 0 Å². The molecule has 2 nitrogen and oxygen atoms in total. The number of benzene rings is 1. The average molecular weight is 218 g/mol. The minimum atomic E-state index is -0.635. The number of rotatable bonds is 2. The molecule has 1 aromatic carbocycles. The predicted molar refractivity (Wildman–Crippen MR) is 64.6 cm³/mol. The molecule has 0 radical (unpaired) electrons. The summed E-state index contributed by atoms with van der Waals surface area (Å²) < 4.78 is 5.90. The molecule has 0 aromatic heterocycles. The van der Waals surface area contributed by atoms with Crippen molar-refractivity contribution in [3.8, 4) is 5.75 Å². The fourth-order valence-electron chi connectivity index (χ4n) is 2.12. The average Bonchev–Trinajstić information content (AvgIpc) is 2.49. The first kappa shape index (κ1) is 11.2. The highest BCUT2D eigenvalue weighted by Crippen LogP contribution is 2.41. The van der Waals surface area contributed by atoms with Gasteiger partial charge in [-0.15, -0.1) is 0 Å². The Balaban J connectivity index is 2.45. The highest BCUT2D eigenvalue weighted by molar-refractivity contribution is 5.48. The van der Waals surface area contributed by atoms with Crippen molar-refractivity contribution in [1.82, 2.24) is 0 Å². The van der Waals surface area contributed by atoms with Crippen molar-refractivity contribution in [3.05, 3.63) is 41.5 Å². The summed E-state index contributed by atoms with van der Waals surface area (Å²) in [6.07, 6.45) is 0.253. The predicted octanol–water partition coefficient (Wildman–Crippen LogP) is 3.01. The summed E-state index contributed by atoms with van der Waals surface area (Å²) in [5, 5.41) is 10.1. The molecular formula is C14H18O2. The molecular weight excluding hydrogens is 200 g/mol. The second kappa shape index (κ2) is 3.63. The molecule has 1 aromatic rings. The van der Waals surface area contributed by atoms with Gasteiger partial charge in [0, 0.05) is 12.0 Å². The Bertz CT molecular complexity index is 432. The van der Waals surface area contributed by atoms with E-state index in [1.165, 1.54) is 5.56 Å². The van der Waals surface area contributed by atoms with Crippen LogP contribution in [0.3, 0.4) is 0 Å².